The van der Waals surface area contributed by atoms with Crippen LogP contribution >= 0.6 is 0 Å². The molecular weight excluding hydrogens is 101 g/mol. The second-order valence-electron chi connectivity index (χ2n) is 0.999. The van der Waals surface area contributed by atoms with Crippen LogP contribution in [0.2, 0.25) is 0 Å². The van der Waals surface area contributed by atoms with Gasteiger partial charge in [0, 0.05) is 6.20 Å². The van der Waals surface area contributed by atoms with E-state index in [0.29, 0.717) is 5.82 Å². The summed E-state index contributed by atoms with van der Waals surface area (Å²) >= 11 is 0. The molecule has 7 heavy (non-hydrogen) atoms. The van der Waals surface area contributed by atoms with Crippen LogP contribution in [0.25, 0.3) is 0 Å². The van der Waals surface area contributed by atoms with Gasteiger partial charge in [0.25, 0.3) is 0 Å². The van der Waals surface area contributed by atoms with Gasteiger partial charge in [-0.25, -0.2) is 0 Å². The maximum atomic E-state index is 5.14. The Labute approximate surface area is 63.6 Å². The fourth-order valence-corrected chi connectivity index (χ4v) is 0.272. The van der Waals surface area contributed by atoms with Crippen molar-refractivity contribution < 1.29 is 0 Å². The van der Waals surface area contributed by atoms with E-state index in [0.717, 1.165) is 0 Å². The fraction of sp³-hybridized carbons (Fsp3) is 0. The van der Waals surface area contributed by atoms with Crippen molar-refractivity contribution in [3.8, 4) is 0 Å². The molecule has 0 atom stereocenters. The van der Waals surface area contributed by atoms with E-state index in [1.165, 1.54) is 0 Å². The molecule has 1 aromatic heterocycles. The average molecular weight is 107 g/mol. The Morgan fingerprint density at radius 3 is 2.57 bits per heavy atom. The van der Waals surface area contributed by atoms with Crippen molar-refractivity contribution in [2.24, 2.45) is 0 Å². The van der Waals surface area contributed by atoms with Crippen LogP contribution in [0.5, 0.6) is 0 Å². The van der Waals surface area contributed by atoms with E-state index in [9.17, 15) is 0 Å². The average Bonchev–Trinajstić information content (AvgIpc) is 1.86. The van der Waals surface area contributed by atoms with Crippen LogP contribution in [0, 0.1) is 0 Å². The number of nitrogen functional groups attached to an aromatic ring is 1. The van der Waals surface area contributed by atoms with Gasteiger partial charge in [-0.1, -0.05) is 0 Å². The summed E-state index contributed by atoms with van der Waals surface area (Å²) in [6.07, 6.45) is 1.68. The van der Waals surface area contributed by atoms with Gasteiger partial charge in [-0.05, 0) is 6.07 Å². The molecule has 0 amide bonds. The van der Waals surface area contributed by atoms with Crippen LogP contribution in [-0.4, -0.2) is 39.8 Å². The predicted octanol–water partition coefficient (Wildman–Crippen LogP) is -0.657. The number of H-pyrrole nitrogens is 1. The normalized spacial score (nSPS) is 7.43. The summed E-state index contributed by atoms with van der Waals surface area (Å²) in [4.78, 5) is 0. The van der Waals surface area contributed by atoms with E-state index >= 15 is 0 Å². The van der Waals surface area contributed by atoms with E-state index in [-0.39, 0.29) is 29.6 Å². The van der Waals surface area contributed by atoms with E-state index < -0.39 is 0 Å². The first-order valence-electron chi connectivity index (χ1n) is 1.65. The molecular formula is C3H6N3Na. The van der Waals surface area contributed by atoms with E-state index in [4.69, 9.17) is 5.73 Å². The van der Waals surface area contributed by atoms with Gasteiger partial charge >= 0.3 is 29.6 Å². The van der Waals surface area contributed by atoms with Crippen molar-refractivity contribution >= 4 is 35.4 Å². The first kappa shape index (κ1) is 7.01. The molecule has 1 heterocycles. The summed E-state index contributed by atoms with van der Waals surface area (Å²) < 4.78 is 0. The number of aromatic amines is 1. The Bertz CT molecular complexity index is 114. The van der Waals surface area contributed by atoms with Gasteiger partial charge in [0.05, 0.1) is 0 Å². The van der Waals surface area contributed by atoms with Crippen LogP contribution in [-0.2, 0) is 0 Å². The molecule has 0 fully saturated rings. The Morgan fingerprint density at radius 2 is 2.43 bits per heavy atom. The van der Waals surface area contributed by atoms with Crippen molar-refractivity contribution in [3.05, 3.63) is 12.3 Å². The topological polar surface area (TPSA) is 54.7 Å². The molecule has 0 aliphatic heterocycles. The molecule has 3 N–H and O–H groups in total. The van der Waals surface area contributed by atoms with Crippen molar-refractivity contribution in [1.29, 1.82) is 0 Å². The first-order valence-corrected chi connectivity index (χ1v) is 1.65. The fourth-order valence-electron chi connectivity index (χ4n) is 0.272. The molecule has 0 aromatic carbocycles. The van der Waals surface area contributed by atoms with E-state index in [1.54, 1.807) is 12.3 Å². The number of nitrogens with zero attached hydrogens (tertiary/aromatic N) is 1. The molecule has 0 spiro atoms. The number of anilines is 1. The van der Waals surface area contributed by atoms with Crippen LogP contribution in [0.4, 0.5) is 5.82 Å². The molecule has 1 rings (SSSR count). The third-order valence-corrected chi connectivity index (χ3v) is 0.522. The van der Waals surface area contributed by atoms with Crippen molar-refractivity contribution in [3.63, 3.8) is 0 Å². The number of hydrogen-bond acceptors (Lipinski definition) is 2. The Kier molecular flexibility index (Phi) is 3.07. The van der Waals surface area contributed by atoms with Crippen LogP contribution < -0.4 is 5.73 Å². The molecule has 3 nitrogen and oxygen atoms in total. The van der Waals surface area contributed by atoms with Gasteiger partial charge in [0.15, 0.2) is 0 Å². The zero-order valence-corrected chi connectivity index (χ0v) is 3.18. The summed E-state index contributed by atoms with van der Waals surface area (Å²) in [6.45, 7) is 0. The molecule has 1 aromatic rings. The Hall–Kier alpha value is 0.0100. The molecule has 0 radical (unpaired) electrons. The maximum absolute atomic E-state index is 5.14. The number of hydrogen-bond donors (Lipinski definition) is 2. The van der Waals surface area contributed by atoms with Gasteiger partial charge in [-0.15, -0.1) is 0 Å². The monoisotopic (exact) mass is 107 g/mol. The molecule has 0 aliphatic rings. The van der Waals surface area contributed by atoms with Gasteiger partial charge < -0.3 is 5.73 Å². The van der Waals surface area contributed by atoms with Crippen molar-refractivity contribution in [2.75, 3.05) is 5.73 Å². The number of aromatic nitrogens is 2. The predicted molar refractivity (Wildman–Crippen MR) is 30.1 cm³/mol. The molecule has 0 saturated carbocycles. The minimum absolute atomic E-state index is 0. The Morgan fingerprint density at radius 1 is 1.71 bits per heavy atom. The zero-order chi connectivity index (χ0) is 4.41. The summed E-state index contributed by atoms with van der Waals surface area (Å²) in [5, 5.41) is 6.12. The summed E-state index contributed by atoms with van der Waals surface area (Å²) in [5.74, 6) is 0.537. The van der Waals surface area contributed by atoms with Crippen LogP contribution in [0.3, 0.4) is 0 Å². The van der Waals surface area contributed by atoms with Gasteiger partial charge in [0.2, 0.25) is 0 Å². The van der Waals surface area contributed by atoms with Crippen LogP contribution in [0.15, 0.2) is 12.3 Å². The summed E-state index contributed by atoms with van der Waals surface area (Å²) in [7, 11) is 0. The molecule has 4 heteroatoms. The SMILES string of the molecule is Nc1cc[nH]n1.[NaH]. The Balaban J connectivity index is 0.000000360. The molecule has 0 unspecified atom stereocenters. The van der Waals surface area contributed by atoms with Crippen molar-refractivity contribution in [1.82, 2.24) is 10.2 Å². The molecule has 0 saturated heterocycles. The molecule has 0 bridgehead atoms. The molecule has 0 aliphatic carbocycles. The van der Waals surface area contributed by atoms with Crippen LogP contribution in [0.1, 0.15) is 0 Å². The van der Waals surface area contributed by atoms with Crippen molar-refractivity contribution in [2.45, 2.75) is 0 Å². The van der Waals surface area contributed by atoms with Gasteiger partial charge in [0.1, 0.15) is 5.82 Å². The van der Waals surface area contributed by atoms with Gasteiger partial charge in [-0.3, -0.25) is 5.10 Å². The quantitative estimate of drug-likeness (QED) is 0.432. The third-order valence-electron chi connectivity index (χ3n) is 0.522. The minimum atomic E-state index is 0. The third kappa shape index (κ3) is 1.97. The van der Waals surface area contributed by atoms with E-state index in [1.807, 2.05) is 0 Å². The zero-order valence-electron chi connectivity index (χ0n) is 3.18. The summed E-state index contributed by atoms with van der Waals surface area (Å²) in [6, 6.07) is 1.69. The summed E-state index contributed by atoms with van der Waals surface area (Å²) in [5.41, 5.74) is 5.14. The molecule has 34 valence electrons. The second-order valence-corrected chi connectivity index (χ2v) is 0.999. The standard InChI is InChI=1S/C3H5N3.Na.H/c4-3-1-2-5-6-3;;/h1-2H,(H3,4,5,6);;. The number of rotatable bonds is 0. The second kappa shape index (κ2) is 3.07. The van der Waals surface area contributed by atoms with Gasteiger partial charge in [-0.2, -0.15) is 5.10 Å². The number of nitrogens with one attached hydrogen (secondary N) is 1. The number of nitrogens with two attached hydrogens (primary N) is 1. The first-order chi connectivity index (χ1) is 2.89. The van der Waals surface area contributed by atoms with E-state index in [2.05, 4.69) is 10.2 Å².